The van der Waals surface area contributed by atoms with Crippen molar-refractivity contribution in [1.82, 2.24) is 9.55 Å². The number of anilines is 2. The van der Waals surface area contributed by atoms with Crippen molar-refractivity contribution in [3.8, 4) is 5.69 Å². The lowest BCUT2D eigenvalue weighted by Gasteiger charge is -2.14. The molecule has 0 fully saturated rings. The zero-order valence-electron chi connectivity index (χ0n) is 18.2. The summed E-state index contributed by atoms with van der Waals surface area (Å²) < 4.78 is 1.57. The van der Waals surface area contributed by atoms with Crippen LogP contribution in [0, 0.1) is 6.92 Å². The Kier molecular flexibility index (Phi) is 6.28. The average Bonchev–Trinajstić information content (AvgIpc) is 2.79. The Bertz CT molecular complexity index is 1310. The van der Waals surface area contributed by atoms with Crippen molar-refractivity contribution in [1.29, 1.82) is 0 Å². The zero-order chi connectivity index (χ0) is 22.7. The molecule has 0 aliphatic heterocycles. The van der Waals surface area contributed by atoms with Crippen LogP contribution in [0.5, 0.6) is 0 Å². The van der Waals surface area contributed by atoms with Crippen LogP contribution >= 0.6 is 11.8 Å². The van der Waals surface area contributed by atoms with Gasteiger partial charge < -0.3 is 10.2 Å². The number of aryl methyl sites for hydroxylation is 1. The van der Waals surface area contributed by atoms with Gasteiger partial charge in [-0.1, -0.05) is 41.6 Å². The van der Waals surface area contributed by atoms with E-state index in [1.54, 1.807) is 10.6 Å². The predicted molar refractivity (Wildman–Crippen MR) is 132 cm³/mol. The summed E-state index contributed by atoms with van der Waals surface area (Å²) in [4.78, 5) is 32.5. The van der Waals surface area contributed by atoms with Gasteiger partial charge in [0.1, 0.15) is 0 Å². The van der Waals surface area contributed by atoms with Gasteiger partial charge in [-0.3, -0.25) is 14.2 Å². The summed E-state index contributed by atoms with van der Waals surface area (Å²) in [5, 5.41) is 3.93. The van der Waals surface area contributed by atoms with Crippen molar-refractivity contribution < 1.29 is 4.79 Å². The Morgan fingerprint density at radius 3 is 2.38 bits per heavy atom. The summed E-state index contributed by atoms with van der Waals surface area (Å²) in [6.45, 7) is 2.00. The standard InChI is InChI=1S/C25H24N4O2S/c1-17-8-12-20(13-9-17)29-24(31)21-6-4-5-7-22(21)27-25(29)32-16-23(30)26-18-10-14-19(15-11-18)28(2)3/h4-15H,16H2,1-3H3,(H,26,30). The zero-order valence-corrected chi connectivity index (χ0v) is 19.0. The van der Waals surface area contributed by atoms with E-state index in [0.717, 1.165) is 22.6 Å². The highest BCUT2D eigenvalue weighted by molar-refractivity contribution is 7.99. The minimum absolute atomic E-state index is 0.131. The summed E-state index contributed by atoms with van der Waals surface area (Å²) in [5.41, 5.74) is 4.07. The molecule has 1 N–H and O–H groups in total. The molecule has 0 aliphatic rings. The van der Waals surface area contributed by atoms with Crippen LogP contribution in [0.15, 0.2) is 82.7 Å². The number of para-hydroxylation sites is 1. The van der Waals surface area contributed by atoms with E-state index in [4.69, 9.17) is 0 Å². The number of carbonyl (C=O) groups is 1. The van der Waals surface area contributed by atoms with Crippen molar-refractivity contribution in [2.75, 3.05) is 30.1 Å². The summed E-state index contributed by atoms with van der Waals surface area (Å²) >= 11 is 1.24. The van der Waals surface area contributed by atoms with Crippen molar-refractivity contribution in [2.45, 2.75) is 12.1 Å². The van der Waals surface area contributed by atoms with Crippen molar-refractivity contribution in [2.24, 2.45) is 0 Å². The van der Waals surface area contributed by atoms with E-state index in [1.807, 2.05) is 92.6 Å². The number of aromatic nitrogens is 2. The molecule has 0 radical (unpaired) electrons. The normalized spacial score (nSPS) is 10.8. The molecular weight excluding hydrogens is 420 g/mol. The number of amides is 1. The number of rotatable bonds is 6. The van der Waals surface area contributed by atoms with Crippen LogP contribution in [0.3, 0.4) is 0 Å². The molecule has 4 rings (SSSR count). The Morgan fingerprint density at radius 1 is 1.00 bits per heavy atom. The lowest BCUT2D eigenvalue weighted by atomic mass is 10.2. The van der Waals surface area contributed by atoms with Gasteiger partial charge in [-0.15, -0.1) is 0 Å². The monoisotopic (exact) mass is 444 g/mol. The van der Waals surface area contributed by atoms with Gasteiger partial charge in [0, 0.05) is 25.5 Å². The number of hydrogen-bond donors (Lipinski definition) is 1. The van der Waals surface area contributed by atoms with Gasteiger partial charge in [0.15, 0.2) is 5.16 Å². The average molecular weight is 445 g/mol. The number of benzene rings is 3. The third-order valence-corrected chi connectivity index (χ3v) is 5.98. The SMILES string of the molecule is Cc1ccc(-n2c(SCC(=O)Nc3ccc(N(C)C)cc3)nc3ccccc3c2=O)cc1. The summed E-state index contributed by atoms with van der Waals surface area (Å²) in [6.07, 6.45) is 0. The number of carbonyl (C=O) groups excluding carboxylic acids is 1. The second kappa shape index (κ2) is 9.28. The number of hydrogen-bond acceptors (Lipinski definition) is 5. The molecule has 162 valence electrons. The van der Waals surface area contributed by atoms with Crippen LogP contribution in [-0.4, -0.2) is 35.3 Å². The maximum atomic E-state index is 13.3. The van der Waals surface area contributed by atoms with Gasteiger partial charge in [-0.05, 0) is 55.5 Å². The summed E-state index contributed by atoms with van der Waals surface area (Å²) in [7, 11) is 3.93. The minimum atomic E-state index is -0.162. The molecule has 6 nitrogen and oxygen atoms in total. The highest BCUT2D eigenvalue weighted by atomic mass is 32.2. The lowest BCUT2D eigenvalue weighted by Crippen LogP contribution is -2.23. The molecule has 4 aromatic rings. The van der Waals surface area contributed by atoms with Crippen molar-refractivity contribution in [3.05, 3.63) is 88.7 Å². The Balaban J connectivity index is 1.60. The van der Waals surface area contributed by atoms with E-state index in [0.29, 0.717) is 16.1 Å². The van der Waals surface area contributed by atoms with Gasteiger partial charge in [-0.25, -0.2) is 4.98 Å². The second-order valence-electron chi connectivity index (χ2n) is 7.67. The molecule has 1 aromatic heterocycles. The van der Waals surface area contributed by atoms with Gasteiger partial charge in [0.25, 0.3) is 5.56 Å². The maximum absolute atomic E-state index is 13.3. The first-order valence-corrected chi connectivity index (χ1v) is 11.2. The number of nitrogens with zero attached hydrogens (tertiary/aromatic N) is 3. The third-order valence-electron chi connectivity index (χ3n) is 5.04. The molecule has 0 saturated carbocycles. The molecular formula is C25H24N4O2S. The molecule has 32 heavy (non-hydrogen) atoms. The highest BCUT2D eigenvalue weighted by Crippen LogP contribution is 2.22. The Labute approximate surface area is 190 Å². The lowest BCUT2D eigenvalue weighted by molar-refractivity contribution is -0.113. The number of thioether (sulfide) groups is 1. The molecule has 0 spiro atoms. The van der Waals surface area contributed by atoms with E-state index in [1.165, 1.54) is 11.8 Å². The van der Waals surface area contributed by atoms with Crippen LogP contribution in [-0.2, 0) is 4.79 Å². The fourth-order valence-corrected chi connectivity index (χ4v) is 4.11. The summed E-state index contributed by atoms with van der Waals surface area (Å²) in [6, 6.07) is 22.6. The summed E-state index contributed by atoms with van der Waals surface area (Å²) in [5.74, 6) is -0.0306. The Hall–Kier alpha value is -3.58. The second-order valence-corrected chi connectivity index (χ2v) is 8.61. The number of nitrogens with one attached hydrogen (secondary N) is 1. The van der Waals surface area contributed by atoms with Crippen LogP contribution in [0.25, 0.3) is 16.6 Å². The maximum Gasteiger partial charge on any atom is 0.266 e. The van der Waals surface area contributed by atoms with Crippen LogP contribution in [0.2, 0.25) is 0 Å². The topological polar surface area (TPSA) is 67.2 Å². The largest absolute Gasteiger partial charge is 0.378 e. The third kappa shape index (κ3) is 4.68. The van der Waals surface area contributed by atoms with Crippen molar-refractivity contribution in [3.63, 3.8) is 0 Å². The minimum Gasteiger partial charge on any atom is -0.378 e. The molecule has 0 unspecified atom stereocenters. The molecule has 0 aliphatic carbocycles. The van der Waals surface area contributed by atoms with Crippen LogP contribution in [0.4, 0.5) is 11.4 Å². The molecule has 1 heterocycles. The molecule has 7 heteroatoms. The first-order chi connectivity index (χ1) is 15.4. The molecule has 0 atom stereocenters. The molecule has 1 amide bonds. The first kappa shape index (κ1) is 21.6. The van der Waals surface area contributed by atoms with Crippen LogP contribution in [0.1, 0.15) is 5.56 Å². The van der Waals surface area contributed by atoms with E-state index >= 15 is 0 Å². The first-order valence-electron chi connectivity index (χ1n) is 10.2. The van der Waals surface area contributed by atoms with Gasteiger partial charge in [0.2, 0.25) is 5.91 Å². The van der Waals surface area contributed by atoms with E-state index in [2.05, 4.69) is 10.3 Å². The van der Waals surface area contributed by atoms with E-state index < -0.39 is 0 Å². The molecule has 3 aromatic carbocycles. The highest BCUT2D eigenvalue weighted by Gasteiger charge is 2.15. The fourth-order valence-electron chi connectivity index (χ4n) is 3.30. The van der Waals surface area contributed by atoms with E-state index in [-0.39, 0.29) is 17.2 Å². The molecule has 0 saturated heterocycles. The quantitative estimate of drug-likeness (QED) is 0.351. The van der Waals surface area contributed by atoms with Crippen molar-refractivity contribution >= 4 is 39.9 Å². The van der Waals surface area contributed by atoms with E-state index in [9.17, 15) is 9.59 Å². The van der Waals surface area contributed by atoms with Gasteiger partial charge in [0.05, 0.1) is 22.3 Å². The fraction of sp³-hybridized carbons (Fsp3) is 0.160. The number of fused-ring (bicyclic) bond motifs is 1. The van der Waals surface area contributed by atoms with Gasteiger partial charge in [-0.2, -0.15) is 0 Å². The Morgan fingerprint density at radius 2 is 1.69 bits per heavy atom. The van der Waals surface area contributed by atoms with Gasteiger partial charge >= 0.3 is 0 Å². The predicted octanol–water partition coefficient (Wildman–Crippen LogP) is 4.49. The smallest absolute Gasteiger partial charge is 0.266 e. The van der Waals surface area contributed by atoms with Crippen LogP contribution < -0.4 is 15.8 Å². The molecule has 0 bridgehead atoms.